The summed E-state index contributed by atoms with van der Waals surface area (Å²) in [6, 6.07) is 5.24. The van der Waals surface area contributed by atoms with E-state index in [0.29, 0.717) is 22.9 Å². The maximum Gasteiger partial charge on any atom is 0.140 e. The molecule has 1 aromatic carbocycles. The molecule has 0 saturated carbocycles. The molecule has 17 heavy (non-hydrogen) atoms. The van der Waals surface area contributed by atoms with Crippen LogP contribution < -0.4 is 10.5 Å². The molecule has 0 aliphatic heterocycles. The van der Waals surface area contributed by atoms with Gasteiger partial charge in [-0.15, -0.1) is 11.3 Å². The predicted octanol–water partition coefficient (Wildman–Crippen LogP) is 3.01. The summed E-state index contributed by atoms with van der Waals surface area (Å²) in [7, 11) is 0. The van der Waals surface area contributed by atoms with Gasteiger partial charge in [0.2, 0.25) is 0 Å². The first-order chi connectivity index (χ1) is 8.16. The molecular formula is C11H9ClN2OS2. The summed E-state index contributed by atoms with van der Waals surface area (Å²) in [6.45, 7) is 0.431. The van der Waals surface area contributed by atoms with E-state index in [-0.39, 0.29) is 4.99 Å². The van der Waals surface area contributed by atoms with Crippen molar-refractivity contribution in [3.63, 3.8) is 0 Å². The standard InChI is InChI=1S/C11H9ClN2OS2/c12-9-5-7(1-2-8(9)11(13)16)15-6-10-14-3-4-17-10/h1-5H,6H2,(H2,13,16). The Morgan fingerprint density at radius 2 is 2.35 bits per heavy atom. The molecule has 0 saturated heterocycles. The summed E-state index contributed by atoms with van der Waals surface area (Å²) in [4.78, 5) is 4.40. The van der Waals surface area contributed by atoms with E-state index in [1.165, 1.54) is 0 Å². The van der Waals surface area contributed by atoms with Gasteiger partial charge in [-0.2, -0.15) is 0 Å². The van der Waals surface area contributed by atoms with Crippen LogP contribution in [0.15, 0.2) is 29.8 Å². The molecule has 0 aliphatic rings. The molecule has 2 aromatic rings. The van der Waals surface area contributed by atoms with Crippen LogP contribution >= 0.6 is 35.2 Å². The lowest BCUT2D eigenvalue weighted by molar-refractivity contribution is 0.305. The molecule has 0 radical (unpaired) electrons. The number of ether oxygens (including phenoxy) is 1. The molecule has 0 unspecified atom stereocenters. The van der Waals surface area contributed by atoms with Crippen LogP contribution in [0.5, 0.6) is 5.75 Å². The fourth-order valence-corrected chi connectivity index (χ4v) is 2.29. The van der Waals surface area contributed by atoms with Gasteiger partial charge in [0, 0.05) is 17.1 Å². The molecule has 2 N–H and O–H groups in total. The fraction of sp³-hybridized carbons (Fsp3) is 0.0909. The van der Waals surface area contributed by atoms with Crippen LogP contribution in [0.25, 0.3) is 0 Å². The van der Waals surface area contributed by atoms with Crippen LogP contribution in [0.2, 0.25) is 5.02 Å². The molecule has 0 aliphatic carbocycles. The molecular weight excluding hydrogens is 276 g/mol. The average Bonchev–Trinajstić information content (AvgIpc) is 2.78. The van der Waals surface area contributed by atoms with Crippen LogP contribution in [-0.4, -0.2) is 9.97 Å². The Morgan fingerprint density at radius 3 is 2.94 bits per heavy atom. The van der Waals surface area contributed by atoms with Crippen LogP contribution in [0.3, 0.4) is 0 Å². The van der Waals surface area contributed by atoms with Crippen molar-refractivity contribution >= 4 is 40.1 Å². The van der Waals surface area contributed by atoms with Gasteiger partial charge in [0.25, 0.3) is 0 Å². The molecule has 88 valence electrons. The van der Waals surface area contributed by atoms with Crippen LogP contribution in [0.4, 0.5) is 0 Å². The van der Waals surface area contributed by atoms with Crippen molar-refractivity contribution in [3.8, 4) is 5.75 Å². The average molecular weight is 285 g/mol. The normalized spacial score (nSPS) is 10.2. The number of aromatic nitrogens is 1. The molecule has 6 heteroatoms. The third kappa shape index (κ3) is 3.15. The van der Waals surface area contributed by atoms with E-state index >= 15 is 0 Å². The monoisotopic (exact) mass is 284 g/mol. The van der Waals surface area contributed by atoms with Gasteiger partial charge in [-0.25, -0.2) is 4.98 Å². The number of thiocarbonyl (C=S) groups is 1. The summed E-state index contributed by atoms with van der Waals surface area (Å²) in [5.74, 6) is 0.671. The zero-order chi connectivity index (χ0) is 12.3. The van der Waals surface area contributed by atoms with Crippen LogP contribution in [-0.2, 0) is 6.61 Å². The molecule has 0 bridgehead atoms. The Morgan fingerprint density at radius 1 is 1.53 bits per heavy atom. The van der Waals surface area contributed by atoms with Crippen molar-refractivity contribution in [2.45, 2.75) is 6.61 Å². The van der Waals surface area contributed by atoms with Gasteiger partial charge in [0.1, 0.15) is 22.4 Å². The van der Waals surface area contributed by atoms with Crippen LogP contribution in [0.1, 0.15) is 10.6 Å². The van der Waals surface area contributed by atoms with E-state index in [0.717, 1.165) is 5.01 Å². The number of hydrogen-bond acceptors (Lipinski definition) is 4. The Kier molecular flexibility index (Phi) is 3.93. The van der Waals surface area contributed by atoms with Crippen molar-refractivity contribution in [3.05, 3.63) is 45.4 Å². The Hall–Kier alpha value is -1.17. The highest BCUT2D eigenvalue weighted by atomic mass is 35.5. The Balaban J connectivity index is 2.07. The first-order valence-corrected chi connectivity index (χ1v) is 6.44. The SMILES string of the molecule is NC(=S)c1ccc(OCc2nccs2)cc1Cl. The topological polar surface area (TPSA) is 48.1 Å². The van der Waals surface area contributed by atoms with Crippen molar-refractivity contribution in [1.29, 1.82) is 0 Å². The second-order valence-electron chi connectivity index (χ2n) is 3.22. The van der Waals surface area contributed by atoms with E-state index in [1.54, 1.807) is 35.7 Å². The van der Waals surface area contributed by atoms with E-state index in [9.17, 15) is 0 Å². The third-order valence-corrected chi connectivity index (χ3v) is 3.34. The van der Waals surface area contributed by atoms with Gasteiger partial charge >= 0.3 is 0 Å². The Bertz CT molecular complexity index is 528. The second kappa shape index (κ2) is 5.44. The van der Waals surface area contributed by atoms with E-state index in [4.69, 9.17) is 34.3 Å². The molecule has 2 rings (SSSR count). The molecule has 1 aromatic heterocycles. The van der Waals surface area contributed by atoms with Gasteiger partial charge in [-0.3, -0.25) is 0 Å². The largest absolute Gasteiger partial charge is 0.486 e. The molecule has 0 fully saturated rings. The number of benzene rings is 1. The lowest BCUT2D eigenvalue weighted by Crippen LogP contribution is -2.09. The molecule has 0 amide bonds. The number of halogens is 1. The first kappa shape index (κ1) is 12.3. The van der Waals surface area contributed by atoms with Gasteiger partial charge in [-0.05, 0) is 18.2 Å². The number of nitrogens with zero attached hydrogens (tertiary/aromatic N) is 1. The van der Waals surface area contributed by atoms with Crippen molar-refractivity contribution in [1.82, 2.24) is 4.98 Å². The fourth-order valence-electron chi connectivity index (χ4n) is 1.25. The van der Waals surface area contributed by atoms with Gasteiger partial charge in [0.05, 0.1) is 5.02 Å². The minimum atomic E-state index is 0.279. The molecule has 1 heterocycles. The minimum Gasteiger partial charge on any atom is -0.486 e. The number of nitrogens with two attached hydrogens (primary N) is 1. The van der Waals surface area contributed by atoms with Crippen molar-refractivity contribution in [2.75, 3.05) is 0 Å². The summed E-state index contributed by atoms with van der Waals surface area (Å²) >= 11 is 12.4. The lowest BCUT2D eigenvalue weighted by atomic mass is 10.2. The molecule has 0 spiro atoms. The van der Waals surface area contributed by atoms with E-state index in [2.05, 4.69) is 4.98 Å². The van der Waals surface area contributed by atoms with E-state index < -0.39 is 0 Å². The number of hydrogen-bond donors (Lipinski definition) is 1. The Labute approximate surface area is 113 Å². The summed E-state index contributed by atoms with van der Waals surface area (Å²) in [6.07, 6.45) is 1.74. The lowest BCUT2D eigenvalue weighted by Gasteiger charge is -2.07. The van der Waals surface area contributed by atoms with Gasteiger partial charge in [-0.1, -0.05) is 23.8 Å². The highest BCUT2D eigenvalue weighted by Gasteiger charge is 2.05. The molecule has 0 atom stereocenters. The zero-order valence-electron chi connectivity index (χ0n) is 8.72. The van der Waals surface area contributed by atoms with Crippen molar-refractivity contribution in [2.24, 2.45) is 5.73 Å². The summed E-state index contributed by atoms with van der Waals surface area (Å²) in [5.41, 5.74) is 6.17. The predicted molar refractivity (Wildman–Crippen MR) is 73.8 cm³/mol. The van der Waals surface area contributed by atoms with Crippen molar-refractivity contribution < 1.29 is 4.74 Å². The number of thiazole rings is 1. The molecule has 3 nitrogen and oxygen atoms in total. The van der Waals surface area contributed by atoms with Gasteiger partial charge < -0.3 is 10.5 Å². The zero-order valence-corrected chi connectivity index (χ0v) is 11.1. The second-order valence-corrected chi connectivity index (χ2v) is 5.05. The number of rotatable bonds is 4. The quantitative estimate of drug-likeness (QED) is 0.877. The smallest absolute Gasteiger partial charge is 0.140 e. The third-order valence-electron chi connectivity index (χ3n) is 2.05. The first-order valence-electron chi connectivity index (χ1n) is 4.77. The van der Waals surface area contributed by atoms with E-state index in [1.807, 2.05) is 5.38 Å². The maximum atomic E-state index is 6.02. The maximum absolute atomic E-state index is 6.02. The highest BCUT2D eigenvalue weighted by molar-refractivity contribution is 7.80. The van der Waals surface area contributed by atoms with Crippen LogP contribution in [0, 0.1) is 0 Å². The highest BCUT2D eigenvalue weighted by Crippen LogP contribution is 2.23. The summed E-state index contributed by atoms with van der Waals surface area (Å²) < 4.78 is 5.55. The van der Waals surface area contributed by atoms with Gasteiger partial charge in [0.15, 0.2) is 0 Å². The summed E-state index contributed by atoms with van der Waals surface area (Å²) in [5, 5.41) is 3.32. The minimum absolute atomic E-state index is 0.279.